The quantitative estimate of drug-likeness (QED) is 0.808. The number of ether oxygens (including phenoxy) is 1. The number of benzene rings is 1. The van der Waals surface area contributed by atoms with Crippen LogP contribution in [-0.4, -0.2) is 17.8 Å². The molecule has 4 nitrogen and oxygen atoms in total. The Morgan fingerprint density at radius 1 is 1.40 bits per heavy atom. The molecule has 0 aliphatic rings. The Kier molecular flexibility index (Phi) is 5.77. The molecule has 0 spiro atoms. The molecule has 2 N–H and O–H groups in total. The molecule has 1 rings (SSSR count). The SMILES string of the molecule is CCOC(=O)NC(=S)Nc1ccc(C(C)(C)C)cc1Cl. The van der Waals surface area contributed by atoms with Crippen LogP contribution in [0.3, 0.4) is 0 Å². The molecule has 0 fully saturated rings. The lowest BCUT2D eigenvalue weighted by atomic mass is 9.87. The zero-order valence-corrected chi connectivity index (χ0v) is 13.6. The average Bonchev–Trinajstić information content (AvgIpc) is 2.30. The summed E-state index contributed by atoms with van der Waals surface area (Å²) in [5.41, 5.74) is 1.78. The van der Waals surface area contributed by atoms with Gasteiger partial charge in [-0.25, -0.2) is 4.79 Å². The summed E-state index contributed by atoms with van der Waals surface area (Å²) in [6.45, 7) is 8.34. The van der Waals surface area contributed by atoms with Crippen LogP contribution < -0.4 is 10.6 Å². The van der Waals surface area contributed by atoms with Crippen molar-refractivity contribution in [3.63, 3.8) is 0 Å². The van der Waals surface area contributed by atoms with Crippen LogP contribution in [0.5, 0.6) is 0 Å². The fraction of sp³-hybridized carbons (Fsp3) is 0.429. The van der Waals surface area contributed by atoms with E-state index in [1.165, 1.54) is 0 Å². The Bertz CT molecular complexity index is 512. The maximum Gasteiger partial charge on any atom is 0.413 e. The molecule has 0 aliphatic carbocycles. The van der Waals surface area contributed by atoms with Crippen molar-refractivity contribution in [2.75, 3.05) is 11.9 Å². The number of hydrogen-bond donors (Lipinski definition) is 2. The van der Waals surface area contributed by atoms with Crippen LogP contribution in [0.25, 0.3) is 0 Å². The molecule has 0 heterocycles. The van der Waals surface area contributed by atoms with Crippen LogP contribution in [0.4, 0.5) is 10.5 Å². The van der Waals surface area contributed by atoms with Gasteiger partial charge >= 0.3 is 6.09 Å². The van der Waals surface area contributed by atoms with Gasteiger partial charge in [-0.15, -0.1) is 0 Å². The van der Waals surface area contributed by atoms with Gasteiger partial charge in [0.05, 0.1) is 17.3 Å². The van der Waals surface area contributed by atoms with Gasteiger partial charge in [0, 0.05) is 0 Å². The summed E-state index contributed by atoms with van der Waals surface area (Å²) in [4.78, 5) is 11.2. The fourth-order valence-corrected chi connectivity index (χ4v) is 1.92. The van der Waals surface area contributed by atoms with Crippen LogP contribution in [0.2, 0.25) is 5.02 Å². The van der Waals surface area contributed by atoms with Gasteiger partial charge in [-0.3, -0.25) is 5.32 Å². The lowest BCUT2D eigenvalue weighted by Gasteiger charge is -2.20. The Labute approximate surface area is 129 Å². The van der Waals surface area contributed by atoms with Crippen molar-refractivity contribution in [3.8, 4) is 0 Å². The molecule has 20 heavy (non-hydrogen) atoms. The summed E-state index contributed by atoms with van der Waals surface area (Å²) in [5.74, 6) is 0. The minimum absolute atomic E-state index is 0.0197. The van der Waals surface area contributed by atoms with Gasteiger partial charge in [-0.2, -0.15) is 0 Å². The van der Waals surface area contributed by atoms with Crippen molar-refractivity contribution in [1.82, 2.24) is 5.32 Å². The standard InChI is InChI=1S/C14H19ClN2O2S/c1-5-19-13(18)17-12(20)16-11-7-6-9(8-10(11)15)14(2,3)4/h6-8H,5H2,1-4H3,(H2,16,17,18,20). The molecule has 110 valence electrons. The van der Waals surface area contributed by atoms with Crippen molar-refractivity contribution >= 4 is 40.7 Å². The first-order valence-corrected chi connectivity index (χ1v) is 7.07. The number of amides is 1. The molecule has 1 amide bonds. The second-order valence-electron chi connectivity index (χ2n) is 5.24. The van der Waals surface area contributed by atoms with Gasteiger partial charge in [0.15, 0.2) is 5.11 Å². The Hall–Kier alpha value is -1.33. The number of carbonyl (C=O) groups excluding carboxylic acids is 1. The molecule has 6 heteroatoms. The number of halogens is 1. The molecule has 0 radical (unpaired) electrons. The minimum Gasteiger partial charge on any atom is -0.450 e. The molecule has 0 saturated carbocycles. The topological polar surface area (TPSA) is 50.4 Å². The highest BCUT2D eigenvalue weighted by molar-refractivity contribution is 7.80. The average molecular weight is 315 g/mol. The number of alkyl carbamates (subject to hydrolysis) is 1. The number of thiocarbonyl (C=S) groups is 1. The Morgan fingerprint density at radius 2 is 2.05 bits per heavy atom. The summed E-state index contributed by atoms with van der Waals surface area (Å²) in [6.07, 6.45) is -0.590. The van der Waals surface area contributed by atoms with Crippen LogP contribution in [-0.2, 0) is 10.2 Å². The van der Waals surface area contributed by atoms with Gasteiger partial charge < -0.3 is 10.1 Å². The number of hydrogen-bond acceptors (Lipinski definition) is 3. The predicted molar refractivity (Wildman–Crippen MR) is 86.5 cm³/mol. The van der Waals surface area contributed by atoms with Gasteiger partial charge in [0.2, 0.25) is 0 Å². The molecule has 0 atom stereocenters. The maximum absolute atomic E-state index is 11.2. The summed E-state index contributed by atoms with van der Waals surface area (Å²) >= 11 is 11.2. The largest absolute Gasteiger partial charge is 0.450 e. The van der Waals surface area contributed by atoms with Crippen LogP contribution in [0.1, 0.15) is 33.3 Å². The predicted octanol–water partition coefficient (Wildman–Crippen LogP) is 4.08. The molecule has 0 unspecified atom stereocenters. The zero-order valence-electron chi connectivity index (χ0n) is 12.0. The normalized spacial score (nSPS) is 10.8. The summed E-state index contributed by atoms with van der Waals surface area (Å²) in [6, 6.07) is 5.69. The first-order chi connectivity index (χ1) is 9.24. The Morgan fingerprint density at radius 3 is 2.55 bits per heavy atom. The molecule has 0 aliphatic heterocycles. The van der Waals surface area contributed by atoms with Crippen LogP contribution in [0.15, 0.2) is 18.2 Å². The van der Waals surface area contributed by atoms with E-state index in [0.29, 0.717) is 10.7 Å². The molecule has 1 aromatic rings. The second-order valence-corrected chi connectivity index (χ2v) is 6.06. The zero-order chi connectivity index (χ0) is 15.3. The third kappa shape index (κ3) is 4.98. The molecular formula is C14H19ClN2O2S. The molecular weight excluding hydrogens is 296 g/mol. The van der Waals surface area contributed by atoms with E-state index < -0.39 is 6.09 Å². The summed E-state index contributed by atoms with van der Waals surface area (Å²) < 4.78 is 4.73. The summed E-state index contributed by atoms with van der Waals surface area (Å²) in [5, 5.41) is 5.96. The van der Waals surface area contributed by atoms with Crippen molar-refractivity contribution in [2.24, 2.45) is 0 Å². The van der Waals surface area contributed by atoms with Crippen molar-refractivity contribution < 1.29 is 9.53 Å². The highest BCUT2D eigenvalue weighted by Gasteiger charge is 2.15. The van der Waals surface area contributed by atoms with E-state index in [-0.39, 0.29) is 17.1 Å². The van der Waals surface area contributed by atoms with Gasteiger partial charge in [-0.1, -0.05) is 38.4 Å². The first-order valence-electron chi connectivity index (χ1n) is 6.29. The third-order valence-electron chi connectivity index (χ3n) is 2.57. The third-order valence-corrected chi connectivity index (χ3v) is 3.09. The van der Waals surface area contributed by atoms with Crippen molar-refractivity contribution in [2.45, 2.75) is 33.1 Å². The fourth-order valence-electron chi connectivity index (χ4n) is 1.50. The van der Waals surface area contributed by atoms with E-state index in [2.05, 4.69) is 31.4 Å². The van der Waals surface area contributed by atoms with E-state index in [1.54, 1.807) is 6.92 Å². The number of rotatable bonds is 2. The molecule has 1 aromatic carbocycles. The molecule has 0 saturated heterocycles. The van der Waals surface area contributed by atoms with Crippen molar-refractivity contribution in [1.29, 1.82) is 0 Å². The molecule has 0 aromatic heterocycles. The minimum atomic E-state index is -0.590. The van der Waals surface area contributed by atoms with E-state index in [0.717, 1.165) is 5.56 Å². The number of carbonyl (C=O) groups is 1. The van der Waals surface area contributed by atoms with E-state index >= 15 is 0 Å². The Balaban J connectivity index is 2.74. The highest BCUT2D eigenvalue weighted by atomic mass is 35.5. The second kappa shape index (κ2) is 6.90. The number of nitrogens with one attached hydrogen (secondary N) is 2. The van der Waals surface area contributed by atoms with Gasteiger partial charge in [0.1, 0.15) is 0 Å². The van der Waals surface area contributed by atoms with Gasteiger partial charge in [0.25, 0.3) is 0 Å². The van der Waals surface area contributed by atoms with E-state index in [9.17, 15) is 4.79 Å². The smallest absolute Gasteiger partial charge is 0.413 e. The molecule has 0 bridgehead atoms. The van der Waals surface area contributed by atoms with Crippen LogP contribution in [0, 0.1) is 0 Å². The van der Waals surface area contributed by atoms with Crippen LogP contribution >= 0.6 is 23.8 Å². The number of anilines is 1. The van der Waals surface area contributed by atoms with Gasteiger partial charge in [-0.05, 0) is 42.3 Å². The van der Waals surface area contributed by atoms with Crippen molar-refractivity contribution in [3.05, 3.63) is 28.8 Å². The lowest BCUT2D eigenvalue weighted by molar-refractivity contribution is 0.158. The lowest BCUT2D eigenvalue weighted by Crippen LogP contribution is -2.34. The van der Waals surface area contributed by atoms with E-state index in [1.807, 2.05) is 18.2 Å². The van der Waals surface area contributed by atoms with E-state index in [4.69, 9.17) is 28.6 Å². The highest BCUT2D eigenvalue weighted by Crippen LogP contribution is 2.29. The maximum atomic E-state index is 11.2. The monoisotopic (exact) mass is 314 g/mol. The summed E-state index contributed by atoms with van der Waals surface area (Å²) in [7, 11) is 0. The first kappa shape index (κ1) is 16.7.